The molecule has 0 aliphatic heterocycles. The predicted octanol–water partition coefficient (Wildman–Crippen LogP) is 3.52. The Kier molecular flexibility index (Phi) is 4.52. The van der Waals surface area contributed by atoms with Crippen LogP contribution < -0.4 is 15.4 Å². The van der Waals surface area contributed by atoms with Crippen LogP contribution >= 0.6 is 22.6 Å². The molecule has 2 rings (SSSR count). The van der Waals surface area contributed by atoms with Crippen molar-refractivity contribution in [3.63, 3.8) is 0 Å². The van der Waals surface area contributed by atoms with Crippen LogP contribution in [0.3, 0.4) is 0 Å². The van der Waals surface area contributed by atoms with E-state index in [1.165, 1.54) is 0 Å². The number of nitrogen functional groups attached to an aromatic ring is 1. The van der Waals surface area contributed by atoms with Crippen molar-refractivity contribution in [1.82, 2.24) is 0 Å². The molecular formula is C15H17IN2O. The zero-order valence-corrected chi connectivity index (χ0v) is 13.2. The quantitative estimate of drug-likeness (QED) is 0.663. The van der Waals surface area contributed by atoms with Gasteiger partial charge in [0.1, 0.15) is 5.75 Å². The maximum Gasteiger partial charge on any atom is 0.123 e. The standard InChI is InChI=1S/C15H17IN2O/c1-18(14-8-7-12(16)9-13(14)17)10-11-5-3-4-6-15(11)19-2/h3-9H,10,17H2,1-2H3. The second-order valence-corrected chi connectivity index (χ2v) is 5.62. The normalized spacial score (nSPS) is 10.3. The second kappa shape index (κ2) is 6.14. The van der Waals surface area contributed by atoms with E-state index in [1.54, 1.807) is 7.11 Å². The van der Waals surface area contributed by atoms with Crippen LogP contribution in [0.1, 0.15) is 5.56 Å². The Balaban J connectivity index is 2.23. The molecule has 0 aromatic heterocycles. The van der Waals surface area contributed by atoms with Crippen LogP contribution in [0, 0.1) is 3.57 Å². The van der Waals surface area contributed by atoms with Gasteiger partial charge in [0, 0.05) is 22.7 Å². The molecular weight excluding hydrogens is 351 g/mol. The molecule has 100 valence electrons. The summed E-state index contributed by atoms with van der Waals surface area (Å²) in [7, 11) is 3.73. The van der Waals surface area contributed by atoms with Crippen LogP contribution in [0.2, 0.25) is 0 Å². The molecule has 3 nitrogen and oxygen atoms in total. The number of rotatable bonds is 4. The van der Waals surface area contributed by atoms with Gasteiger partial charge >= 0.3 is 0 Å². The summed E-state index contributed by atoms with van der Waals surface area (Å²) in [5.41, 5.74) is 9.04. The molecule has 0 unspecified atom stereocenters. The summed E-state index contributed by atoms with van der Waals surface area (Å²) in [6.07, 6.45) is 0. The van der Waals surface area contributed by atoms with E-state index in [4.69, 9.17) is 10.5 Å². The molecule has 0 atom stereocenters. The molecule has 2 N–H and O–H groups in total. The highest BCUT2D eigenvalue weighted by Gasteiger charge is 2.09. The van der Waals surface area contributed by atoms with Crippen LogP contribution in [-0.2, 0) is 6.54 Å². The zero-order chi connectivity index (χ0) is 13.8. The fraction of sp³-hybridized carbons (Fsp3) is 0.200. The van der Waals surface area contributed by atoms with Gasteiger partial charge in [-0.1, -0.05) is 18.2 Å². The largest absolute Gasteiger partial charge is 0.496 e. The molecule has 0 aliphatic carbocycles. The van der Waals surface area contributed by atoms with Gasteiger partial charge in [0.05, 0.1) is 18.5 Å². The van der Waals surface area contributed by atoms with Crippen molar-refractivity contribution in [1.29, 1.82) is 0 Å². The molecule has 0 saturated heterocycles. The highest BCUT2D eigenvalue weighted by molar-refractivity contribution is 14.1. The summed E-state index contributed by atoms with van der Waals surface area (Å²) >= 11 is 2.26. The van der Waals surface area contributed by atoms with E-state index in [9.17, 15) is 0 Å². The van der Waals surface area contributed by atoms with E-state index in [0.29, 0.717) is 0 Å². The van der Waals surface area contributed by atoms with Crippen LogP contribution in [0.25, 0.3) is 0 Å². The number of anilines is 2. The summed E-state index contributed by atoms with van der Waals surface area (Å²) in [6, 6.07) is 14.1. The fourth-order valence-corrected chi connectivity index (χ4v) is 2.56. The predicted molar refractivity (Wildman–Crippen MR) is 88.7 cm³/mol. The lowest BCUT2D eigenvalue weighted by Crippen LogP contribution is -2.18. The molecule has 0 bridgehead atoms. The topological polar surface area (TPSA) is 38.5 Å². The summed E-state index contributed by atoms with van der Waals surface area (Å²) in [4.78, 5) is 2.13. The molecule has 0 saturated carbocycles. The summed E-state index contributed by atoms with van der Waals surface area (Å²) in [5.74, 6) is 0.901. The van der Waals surface area contributed by atoms with Gasteiger partial charge in [-0.25, -0.2) is 0 Å². The Bertz CT molecular complexity index is 572. The average Bonchev–Trinajstić information content (AvgIpc) is 2.39. The van der Waals surface area contributed by atoms with Crippen LogP contribution in [0.15, 0.2) is 42.5 Å². The van der Waals surface area contributed by atoms with Crippen molar-refractivity contribution in [3.8, 4) is 5.75 Å². The first kappa shape index (κ1) is 14.0. The summed E-state index contributed by atoms with van der Waals surface area (Å²) in [5, 5.41) is 0. The maximum atomic E-state index is 6.07. The lowest BCUT2D eigenvalue weighted by Gasteiger charge is -2.22. The van der Waals surface area contributed by atoms with Gasteiger partial charge in [-0.15, -0.1) is 0 Å². The average molecular weight is 368 g/mol. The van der Waals surface area contributed by atoms with Gasteiger partial charge in [-0.2, -0.15) is 0 Å². The highest BCUT2D eigenvalue weighted by Crippen LogP contribution is 2.27. The van der Waals surface area contributed by atoms with Gasteiger partial charge in [0.25, 0.3) is 0 Å². The molecule has 4 heteroatoms. The summed E-state index contributed by atoms with van der Waals surface area (Å²) in [6.45, 7) is 0.759. The lowest BCUT2D eigenvalue weighted by atomic mass is 10.1. The molecule has 2 aromatic carbocycles. The molecule has 0 fully saturated rings. The minimum absolute atomic E-state index is 0.759. The number of hydrogen-bond acceptors (Lipinski definition) is 3. The third-order valence-electron chi connectivity index (χ3n) is 3.00. The van der Waals surface area contributed by atoms with E-state index in [2.05, 4.69) is 39.6 Å². The monoisotopic (exact) mass is 368 g/mol. The van der Waals surface area contributed by atoms with Gasteiger partial charge < -0.3 is 15.4 Å². The number of para-hydroxylation sites is 1. The number of nitrogens with zero attached hydrogens (tertiary/aromatic N) is 1. The van der Waals surface area contributed by atoms with Crippen molar-refractivity contribution in [2.24, 2.45) is 0 Å². The van der Waals surface area contributed by atoms with Crippen molar-refractivity contribution in [2.75, 3.05) is 24.8 Å². The van der Waals surface area contributed by atoms with E-state index < -0.39 is 0 Å². The number of methoxy groups -OCH3 is 1. The van der Waals surface area contributed by atoms with Crippen LogP contribution in [0.4, 0.5) is 11.4 Å². The maximum absolute atomic E-state index is 6.07. The highest BCUT2D eigenvalue weighted by atomic mass is 127. The van der Waals surface area contributed by atoms with E-state index in [-0.39, 0.29) is 0 Å². The number of nitrogens with two attached hydrogens (primary N) is 1. The molecule has 0 amide bonds. The number of benzene rings is 2. The first-order valence-corrected chi connectivity index (χ1v) is 7.07. The minimum Gasteiger partial charge on any atom is -0.496 e. The lowest BCUT2D eigenvalue weighted by molar-refractivity contribution is 0.409. The zero-order valence-electron chi connectivity index (χ0n) is 11.1. The Morgan fingerprint density at radius 1 is 1.21 bits per heavy atom. The van der Waals surface area contributed by atoms with Crippen molar-refractivity contribution >= 4 is 34.0 Å². The van der Waals surface area contributed by atoms with E-state index in [0.717, 1.165) is 32.8 Å². The Hall–Kier alpha value is -1.43. The third kappa shape index (κ3) is 3.32. The Morgan fingerprint density at radius 2 is 1.95 bits per heavy atom. The first-order valence-electron chi connectivity index (χ1n) is 6.00. The smallest absolute Gasteiger partial charge is 0.123 e. The third-order valence-corrected chi connectivity index (χ3v) is 3.67. The number of halogens is 1. The van der Waals surface area contributed by atoms with Crippen LogP contribution in [0.5, 0.6) is 5.75 Å². The fourth-order valence-electron chi connectivity index (χ4n) is 2.05. The molecule has 0 aliphatic rings. The van der Waals surface area contributed by atoms with Gasteiger partial charge in [-0.3, -0.25) is 0 Å². The SMILES string of the molecule is COc1ccccc1CN(C)c1ccc(I)cc1N. The molecule has 0 radical (unpaired) electrons. The number of hydrogen-bond donors (Lipinski definition) is 1. The molecule has 19 heavy (non-hydrogen) atoms. The minimum atomic E-state index is 0.759. The van der Waals surface area contributed by atoms with Gasteiger partial charge in [0.15, 0.2) is 0 Å². The number of ether oxygens (including phenoxy) is 1. The van der Waals surface area contributed by atoms with Gasteiger partial charge in [-0.05, 0) is 46.9 Å². The second-order valence-electron chi connectivity index (χ2n) is 4.37. The van der Waals surface area contributed by atoms with Crippen molar-refractivity contribution in [2.45, 2.75) is 6.54 Å². The first-order chi connectivity index (χ1) is 9.11. The molecule has 0 spiro atoms. The Morgan fingerprint density at radius 3 is 2.63 bits per heavy atom. The molecule has 0 heterocycles. The summed E-state index contributed by atoms with van der Waals surface area (Å²) < 4.78 is 6.52. The van der Waals surface area contributed by atoms with Crippen molar-refractivity contribution < 1.29 is 4.74 Å². The van der Waals surface area contributed by atoms with E-state index >= 15 is 0 Å². The molecule has 2 aromatic rings. The van der Waals surface area contributed by atoms with Gasteiger partial charge in [0.2, 0.25) is 0 Å². The van der Waals surface area contributed by atoms with Crippen LogP contribution in [-0.4, -0.2) is 14.2 Å². The van der Waals surface area contributed by atoms with Crippen molar-refractivity contribution in [3.05, 3.63) is 51.6 Å². The Labute approximate surface area is 127 Å². The van der Waals surface area contributed by atoms with E-state index in [1.807, 2.05) is 37.4 Å².